The van der Waals surface area contributed by atoms with E-state index in [0.717, 1.165) is 4.31 Å². The van der Waals surface area contributed by atoms with Crippen LogP contribution >= 0.6 is 23.2 Å². The van der Waals surface area contributed by atoms with E-state index in [2.05, 4.69) is 10.5 Å². The van der Waals surface area contributed by atoms with Crippen LogP contribution in [0.1, 0.15) is 11.1 Å². The minimum Gasteiger partial charge on any atom is -0.272 e. The predicted molar refractivity (Wildman–Crippen MR) is 129 cm³/mol. The molecule has 3 rings (SSSR count). The molecule has 0 heterocycles. The fourth-order valence-corrected chi connectivity index (χ4v) is 4.63. The van der Waals surface area contributed by atoms with E-state index in [1.807, 2.05) is 0 Å². The minimum atomic E-state index is -4.04. The van der Waals surface area contributed by atoms with Crippen molar-refractivity contribution in [2.24, 2.45) is 5.10 Å². The molecule has 1 amide bonds. The van der Waals surface area contributed by atoms with Crippen molar-refractivity contribution in [2.45, 2.75) is 11.4 Å². The second-order valence-electron chi connectivity index (χ2n) is 6.98. The largest absolute Gasteiger partial charge is 0.272 e. The molecule has 0 saturated heterocycles. The van der Waals surface area contributed by atoms with Crippen molar-refractivity contribution in [3.8, 4) is 0 Å². The molecular formula is C22H18Cl2N4O5S. The third kappa shape index (κ3) is 6.61. The summed E-state index contributed by atoms with van der Waals surface area (Å²) < 4.78 is 27.4. The fraction of sp³-hybridized carbons (Fsp3) is 0.0909. The van der Waals surface area contributed by atoms with Gasteiger partial charge in [0.1, 0.15) is 0 Å². The predicted octanol–water partition coefficient (Wildman–Crippen LogP) is 4.24. The molecule has 0 aliphatic rings. The molecule has 0 spiro atoms. The van der Waals surface area contributed by atoms with Crippen LogP contribution in [0.3, 0.4) is 0 Å². The molecule has 176 valence electrons. The van der Waals surface area contributed by atoms with Crippen LogP contribution in [0.4, 0.5) is 5.69 Å². The zero-order valence-corrected chi connectivity index (χ0v) is 19.8. The molecule has 1 N–H and O–H groups in total. The molecule has 0 saturated carbocycles. The summed E-state index contributed by atoms with van der Waals surface area (Å²) in [6.07, 6.45) is 1.22. The van der Waals surface area contributed by atoms with Crippen LogP contribution in [-0.4, -0.2) is 36.3 Å². The molecule has 12 heteroatoms. The topological polar surface area (TPSA) is 122 Å². The second-order valence-corrected chi connectivity index (χ2v) is 9.73. The van der Waals surface area contributed by atoms with Gasteiger partial charge < -0.3 is 0 Å². The number of halogens is 2. The molecule has 3 aromatic carbocycles. The number of benzene rings is 3. The lowest BCUT2D eigenvalue weighted by Gasteiger charge is -2.21. The number of nitro benzene ring substituents is 1. The number of carbonyl (C=O) groups is 1. The molecule has 0 radical (unpaired) electrons. The zero-order valence-electron chi connectivity index (χ0n) is 17.5. The first-order valence-electron chi connectivity index (χ1n) is 9.72. The van der Waals surface area contributed by atoms with Gasteiger partial charge >= 0.3 is 0 Å². The number of nitro groups is 1. The third-order valence-electron chi connectivity index (χ3n) is 4.53. The Morgan fingerprint density at radius 1 is 1.03 bits per heavy atom. The number of nitrogens with zero attached hydrogens (tertiary/aromatic N) is 3. The van der Waals surface area contributed by atoms with Gasteiger partial charge in [-0.2, -0.15) is 9.41 Å². The number of rotatable bonds is 9. The highest BCUT2D eigenvalue weighted by Gasteiger charge is 2.27. The van der Waals surface area contributed by atoms with Gasteiger partial charge in [-0.1, -0.05) is 59.6 Å². The van der Waals surface area contributed by atoms with Gasteiger partial charge in [-0.3, -0.25) is 14.9 Å². The summed E-state index contributed by atoms with van der Waals surface area (Å²) in [6.45, 7) is -0.681. The van der Waals surface area contributed by atoms with Gasteiger partial charge in [-0.05, 0) is 29.8 Å². The van der Waals surface area contributed by atoms with Crippen molar-refractivity contribution in [2.75, 3.05) is 6.54 Å². The zero-order chi connectivity index (χ0) is 24.7. The Kier molecular flexibility index (Phi) is 8.35. The third-order valence-corrected chi connectivity index (χ3v) is 7.07. The van der Waals surface area contributed by atoms with Crippen molar-refractivity contribution < 1.29 is 18.1 Å². The maximum absolute atomic E-state index is 13.2. The Balaban J connectivity index is 1.79. The number of non-ortho nitro benzene ring substituents is 1. The van der Waals surface area contributed by atoms with Crippen LogP contribution in [0.2, 0.25) is 10.0 Å². The van der Waals surface area contributed by atoms with Crippen molar-refractivity contribution in [1.29, 1.82) is 0 Å². The summed E-state index contributed by atoms with van der Waals surface area (Å²) >= 11 is 12.0. The second kappa shape index (κ2) is 11.2. The standard InChI is InChI=1S/C22H18Cl2N4O5S/c23-20-10-9-17(12-21(20)24)14-27(34(32,33)19-7-2-1-3-8-19)15-22(29)26-25-13-16-5-4-6-18(11-16)28(30)31/h1-13H,14-15H2,(H,26,29)/b25-13+. The van der Waals surface area contributed by atoms with Crippen molar-refractivity contribution in [1.82, 2.24) is 9.73 Å². The fourth-order valence-electron chi connectivity index (χ4n) is 2.90. The van der Waals surface area contributed by atoms with Gasteiger partial charge in [0.15, 0.2) is 0 Å². The molecule has 34 heavy (non-hydrogen) atoms. The Bertz CT molecular complexity index is 1330. The van der Waals surface area contributed by atoms with Crippen molar-refractivity contribution in [3.63, 3.8) is 0 Å². The van der Waals surface area contributed by atoms with Gasteiger partial charge in [0, 0.05) is 24.2 Å². The molecule has 0 fully saturated rings. The number of sulfonamides is 1. The lowest BCUT2D eigenvalue weighted by atomic mass is 10.2. The summed E-state index contributed by atoms with van der Waals surface area (Å²) in [5, 5.41) is 15.2. The summed E-state index contributed by atoms with van der Waals surface area (Å²) in [5.74, 6) is -0.707. The van der Waals surface area contributed by atoms with E-state index in [1.54, 1.807) is 30.3 Å². The van der Waals surface area contributed by atoms with E-state index in [1.165, 1.54) is 48.7 Å². The van der Waals surface area contributed by atoms with Gasteiger partial charge in [-0.15, -0.1) is 0 Å². The first-order chi connectivity index (χ1) is 16.2. The molecule has 0 aliphatic carbocycles. The summed E-state index contributed by atoms with van der Waals surface area (Å²) in [6, 6.07) is 18.0. The lowest BCUT2D eigenvalue weighted by molar-refractivity contribution is -0.384. The maximum atomic E-state index is 13.2. The van der Waals surface area contributed by atoms with Gasteiger partial charge in [0.25, 0.3) is 11.6 Å². The van der Waals surface area contributed by atoms with E-state index >= 15 is 0 Å². The van der Waals surface area contributed by atoms with E-state index in [-0.39, 0.29) is 22.2 Å². The number of carbonyl (C=O) groups excluding carboxylic acids is 1. The number of hydrogen-bond acceptors (Lipinski definition) is 6. The molecular weight excluding hydrogens is 503 g/mol. The van der Waals surface area contributed by atoms with Crippen LogP contribution < -0.4 is 5.43 Å². The first kappa shape index (κ1) is 25.3. The van der Waals surface area contributed by atoms with Crippen LogP contribution in [0.5, 0.6) is 0 Å². The lowest BCUT2D eigenvalue weighted by Crippen LogP contribution is -2.39. The van der Waals surface area contributed by atoms with Crippen LogP contribution in [-0.2, 0) is 21.4 Å². The summed E-state index contributed by atoms with van der Waals surface area (Å²) in [4.78, 5) is 22.9. The molecule has 0 aliphatic heterocycles. The molecule has 3 aromatic rings. The number of hydrazone groups is 1. The van der Waals surface area contributed by atoms with Crippen molar-refractivity contribution in [3.05, 3.63) is 104 Å². The molecule has 0 atom stereocenters. The van der Waals surface area contributed by atoms with E-state index in [9.17, 15) is 23.3 Å². The van der Waals surface area contributed by atoms with E-state index < -0.39 is 27.4 Å². The number of amides is 1. The van der Waals surface area contributed by atoms with Gasteiger partial charge in [0.05, 0.1) is 32.6 Å². The van der Waals surface area contributed by atoms with Crippen LogP contribution in [0, 0.1) is 10.1 Å². The van der Waals surface area contributed by atoms with Crippen molar-refractivity contribution >= 4 is 51.0 Å². The average Bonchev–Trinajstić information content (AvgIpc) is 2.81. The first-order valence-corrected chi connectivity index (χ1v) is 11.9. The minimum absolute atomic E-state index is 0.0166. The number of hydrogen-bond donors (Lipinski definition) is 1. The smallest absolute Gasteiger partial charge is 0.270 e. The quantitative estimate of drug-likeness (QED) is 0.256. The van der Waals surface area contributed by atoms with Crippen LogP contribution in [0.25, 0.3) is 0 Å². The van der Waals surface area contributed by atoms with Gasteiger partial charge in [0.2, 0.25) is 10.0 Å². The van der Waals surface area contributed by atoms with Gasteiger partial charge in [-0.25, -0.2) is 13.8 Å². The molecule has 9 nitrogen and oxygen atoms in total. The van der Waals surface area contributed by atoms with E-state index in [0.29, 0.717) is 16.1 Å². The Hall–Kier alpha value is -3.31. The molecule has 0 bridgehead atoms. The monoisotopic (exact) mass is 520 g/mol. The average molecular weight is 521 g/mol. The Morgan fingerprint density at radius 3 is 2.44 bits per heavy atom. The molecule has 0 aromatic heterocycles. The summed E-state index contributed by atoms with van der Waals surface area (Å²) in [7, 11) is -4.04. The normalized spacial score (nSPS) is 11.6. The summed E-state index contributed by atoms with van der Waals surface area (Å²) in [5.41, 5.74) is 3.04. The highest BCUT2D eigenvalue weighted by Crippen LogP contribution is 2.25. The molecule has 0 unspecified atom stereocenters. The maximum Gasteiger partial charge on any atom is 0.270 e. The van der Waals surface area contributed by atoms with Crippen LogP contribution in [0.15, 0.2) is 82.8 Å². The SMILES string of the molecule is O=C(CN(Cc1ccc(Cl)c(Cl)c1)S(=O)(=O)c1ccccc1)N/N=C/c1cccc([N+](=O)[O-])c1. The Labute approximate surface area is 205 Å². The highest BCUT2D eigenvalue weighted by atomic mass is 35.5. The highest BCUT2D eigenvalue weighted by molar-refractivity contribution is 7.89. The van der Waals surface area contributed by atoms with E-state index in [4.69, 9.17) is 23.2 Å². The number of nitrogens with one attached hydrogen (secondary N) is 1. The Morgan fingerprint density at radius 2 is 1.76 bits per heavy atom.